The van der Waals surface area contributed by atoms with E-state index in [2.05, 4.69) is 21.5 Å². The number of phosphoric acid groups is 1. The summed E-state index contributed by atoms with van der Waals surface area (Å²) in [6.45, 7) is 5.44. The van der Waals surface area contributed by atoms with Gasteiger partial charge in [0, 0.05) is 31.2 Å². The van der Waals surface area contributed by atoms with Crippen LogP contribution in [-0.2, 0) is 13.8 Å². The Hall–Kier alpha value is -1.59. The molecule has 4 atom stereocenters. The second kappa shape index (κ2) is 7.52. The zero-order valence-corrected chi connectivity index (χ0v) is 18.0. The fraction of sp³-hybridized carbons (Fsp3) is 0.500. The molecule has 3 aliphatic rings. The Balaban J connectivity index is 1.59. The normalized spacial score (nSPS) is 33.8. The first-order valence-corrected chi connectivity index (χ1v) is 11.9. The molecule has 12 heteroatoms. The highest BCUT2D eigenvalue weighted by molar-refractivity contribution is 7.99. The maximum atomic E-state index is 11.1. The molecule has 2 unspecified atom stereocenters. The molecule has 162 valence electrons. The molecule has 2 spiro atoms. The van der Waals surface area contributed by atoms with Crippen molar-refractivity contribution in [1.82, 2.24) is 9.97 Å². The van der Waals surface area contributed by atoms with E-state index in [9.17, 15) is 9.67 Å². The number of anilines is 1. The number of nitrogens with zero attached hydrogens (tertiary/aromatic N) is 3. The number of aliphatic hydroxyl groups is 1. The lowest BCUT2D eigenvalue weighted by molar-refractivity contribution is -0.0277. The third kappa shape index (κ3) is 3.99. The van der Waals surface area contributed by atoms with E-state index in [4.69, 9.17) is 24.8 Å². The highest BCUT2D eigenvalue weighted by atomic mass is 32.2. The maximum Gasteiger partial charge on any atom is 0.469 e. The Bertz CT molecular complexity index is 997. The smallest absolute Gasteiger partial charge is 0.390 e. The molecule has 2 heterocycles. The highest BCUT2D eigenvalue weighted by Crippen LogP contribution is 2.66. The second-order valence-electron chi connectivity index (χ2n) is 7.52. The summed E-state index contributed by atoms with van der Waals surface area (Å²) in [4.78, 5) is 31.2. The number of rotatable bonds is 7. The molecule has 10 nitrogen and oxygen atoms in total. The van der Waals surface area contributed by atoms with E-state index in [1.165, 1.54) is 11.8 Å². The largest absolute Gasteiger partial charge is 0.469 e. The molecule has 1 aromatic heterocycles. The maximum absolute atomic E-state index is 11.1. The molecule has 1 saturated heterocycles. The Labute approximate surface area is 177 Å². The van der Waals surface area contributed by atoms with Crippen LogP contribution < -0.4 is 5.73 Å². The molecule has 30 heavy (non-hydrogen) atoms. The van der Waals surface area contributed by atoms with Crippen molar-refractivity contribution in [3.8, 4) is 0 Å². The topological polar surface area (TPSA) is 160 Å². The van der Waals surface area contributed by atoms with E-state index in [0.29, 0.717) is 35.1 Å². The number of nitrogen functional groups attached to an aromatic ring is 1. The van der Waals surface area contributed by atoms with Crippen LogP contribution in [0, 0.1) is 0 Å². The van der Waals surface area contributed by atoms with Gasteiger partial charge in [0.05, 0.1) is 11.8 Å². The van der Waals surface area contributed by atoms with Crippen LogP contribution in [0.4, 0.5) is 11.5 Å². The first-order valence-electron chi connectivity index (χ1n) is 9.35. The van der Waals surface area contributed by atoms with Gasteiger partial charge in [-0.3, -0.25) is 9.52 Å². The second-order valence-corrected chi connectivity index (χ2v) is 9.70. The third-order valence-corrected chi connectivity index (χ3v) is 6.75. The summed E-state index contributed by atoms with van der Waals surface area (Å²) < 4.78 is 22.0. The van der Waals surface area contributed by atoms with Gasteiger partial charge in [-0.25, -0.2) is 14.5 Å². The van der Waals surface area contributed by atoms with Crippen LogP contribution in [0.1, 0.15) is 31.9 Å². The summed E-state index contributed by atoms with van der Waals surface area (Å²) in [7, 11) is -4.62. The number of hydrogen-bond acceptors (Lipinski definition) is 9. The number of thioether (sulfide) groups is 1. The van der Waals surface area contributed by atoms with Crippen LogP contribution in [-0.4, -0.2) is 60.2 Å². The zero-order valence-electron chi connectivity index (χ0n) is 16.3. The highest BCUT2D eigenvalue weighted by Gasteiger charge is 2.74. The van der Waals surface area contributed by atoms with Gasteiger partial charge in [-0.15, -0.1) is 6.58 Å². The van der Waals surface area contributed by atoms with Gasteiger partial charge in [-0.1, -0.05) is 17.8 Å². The van der Waals surface area contributed by atoms with Crippen LogP contribution in [0.15, 0.2) is 28.4 Å². The molecule has 0 aromatic carbocycles. The molecule has 1 aliphatic heterocycles. The van der Waals surface area contributed by atoms with Gasteiger partial charge in [0.15, 0.2) is 11.0 Å². The predicted molar refractivity (Wildman–Crippen MR) is 112 cm³/mol. The number of phosphoric ester groups is 1. The Morgan fingerprint density at radius 1 is 1.47 bits per heavy atom. The summed E-state index contributed by atoms with van der Waals surface area (Å²) >= 11 is 1.39. The van der Waals surface area contributed by atoms with Crippen LogP contribution >= 0.6 is 19.6 Å². The predicted octanol–water partition coefficient (Wildman–Crippen LogP) is 1.99. The average Bonchev–Trinajstić information content (AvgIpc) is 3.48. The van der Waals surface area contributed by atoms with E-state index >= 15 is 0 Å². The molecule has 4 rings (SSSR count). The molecule has 0 bridgehead atoms. The van der Waals surface area contributed by atoms with Crippen LogP contribution in [0.3, 0.4) is 0 Å². The van der Waals surface area contributed by atoms with Crippen LogP contribution in [0.5, 0.6) is 0 Å². The first-order chi connectivity index (χ1) is 14.1. The van der Waals surface area contributed by atoms with E-state index in [1.807, 2.05) is 0 Å². The van der Waals surface area contributed by atoms with Crippen LogP contribution in [0.2, 0.25) is 0 Å². The van der Waals surface area contributed by atoms with E-state index in [0.717, 1.165) is 5.57 Å². The molecule has 2 aliphatic carbocycles. The Morgan fingerprint density at radius 3 is 2.90 bits per heavy atom. The van der Waals surface area contributed by atoms with Crippen molar-refractivity contribution in [3.05, 3.63) is 23.9 Å². The van der Waals surface area contributed by atoms with E-state index in [1.54, 1.807) is 25.3 Å². The Morgan fingerprint density at radius 2 is 2.23 bits per heavy atom. The fourth-order valence-electron chi connectivity index (χ4n) is 3.88. The van der Waals surface area contributed by atoms with Crippen molar-refractivity contribution in [2.75, 3.05) is 11.5 Å². The lowest BCUT2D eigenvalue weighted by Crippen LogP contribution is -2.23. The van der Waals surface area contributed by atoms with Crippen LogP contribution in [0.25, 0.3) is 6.08 Å². The van der Waals surface area contributed by atoms with Crippen molar-refractivity contribution in [2.45, 2.75) is 54.8 Å². The van der Waals surface area contributed by atoms with Crippen molar-refractivity contribution in [1.29, 1.82) is 0 Å². The summed E-state index contributed by atoms with van der Waals surface area (Å²) in [6, 6.07) is 0. The lowest BCUT2D eigenvalue weighted by atomic mass is 10.1. The molecule has 2 saturated carbocycles. The summed E-state index contributed by atoms with van der Waals surface area (Å²) in [6.07, 6.45) is 4.66. The van der Waals surface area contributed by atoms with Gasteiger partial charge in [0.2, 0.25) is 0 Å². The molecule has 3 fully saturated rings. The fourth-order valence-corrected chi connectivity index (χ4v) is 5.07. The van der Waals surface area contributed by atoms with Gasteiger partial charge in [0.1, 0.15) is 23.0 Å². The molecular formula is C18H23N4O6PS. The minimum absolute atomic E-state index is 0.248. The molecule has 1 aromatic rings. The summed E-state index contributed by atoms with van der Waals surface area (Å²) in [5, 5.41) is 11.1. The van der Waals surface area contributed by atoms with Crippen molar-refractivity contribution in [3.63, 3.8) is 0 Å². The van der Waals surface area contributed by atoms with E-state index < -0.39 is 31.2 Å². The molecule has 0 amide bonds. The summed E-state index contributed by atoms with van der Waals surface area (Å²) in [5.41, 5.74) is 6.09. The van der Waals surface area contributed by atoms with Crippen molar-refractivity contribution >= 4 is 43.4 Å². The summed E-state index contributed by atoms with van der Waals surface area (Å²) in [5.74, 6) is 0.874. The number of nitrogens with two attached hydrogens (primary N) is 1. The third-order valence-electron chi connectivity index (χ3n) is 5.37. The lowest BCUT2D eigenvalue weighted by Gasteiger charge is -2.13. The molecular weight excluding hydrogens is 431 g/mol. The zero-order chi connectivity index (χ0) is 21.7. The first kappa shape index (κ1) is 21.6. The number of aromatic nitrogens is 2. The number of aliphatic imine (C=N–C) groups is 1. The SMILES string of the molecule is C=CCSc1nc(N)c(N=CC)c(/C=C2\C[C@@]23OC2(CC2OP(=O)(O)O)C[C@H]3O)n1. The van der Waals surface area contributed by atoms with Gasteiger partial charge in [-0.2, -0.15) is 0 Å². The average molecular weight is 454 g/mol. The van der Waals surface area contributed by atoms with Crippen molar-refractivity contribution < 1.29 is 28.7 Å². The standard InChI is InChI=1S/C18H23N4O6PS/c1-3-5-30-16-21-11(14(20-4-2)15(19)22-16)6-10-7-18(10)12(23)8-17(28-18)9-13(17)27-29(24,25)26/h3-4,6,12-13,23H,1,5,7-9H2,2H3,(H2,19,21,22)(H2,24,25,26)/b10-6+,20-4?/t12-,13?,17?,18-/m1/s1. The number of ether oxygens (including phenoxy) is 1. The van der Waals surface area contributed by atoms with E-state index in [-0.39, 0.29) is 12.2 Å². The molecule has 0 radical (unpaired) electrons. The number of aliphatic hydroxyl groups excluding tert-OH is 1. The Kier molecular flexibility index (Phi) is 5.43. The minimum Gasteiger partial charge on any atom is -0.390 e. The molecule has 5 N–H and O–H groups in total. The minimum atomic E-state index is -4.62. The van der Waals surface area contributed by atoms with Crippen molar-refractivity contribution in [2.24, 2.45) is 4.99 Å². The quantitative estimate of drug-likeness (QED) is 0.158. The van der Waals surface area contributed by atoms with Gasteiger partial charge >= 0.3 is 7.82 Å². The van der Waals surface area contributed by atoms with Gasteiger partial charge in [-0.05, 0) is 18.6 Å². The number of hydrogen-bond donors (Lipinski definition) is 4. The monoisotopic (exact) mass is 454 g/mol. The van der Waals surface area contributed by atoms with Gasteiger partial charge in [0.25, 0.3) is 0 Å². The van der Waals surface area contributed by atoms with Gasteiger partial charge < -0.3 is 25.4 Å².